The summed E-state index contributed by atoms with van der Waals surface area (Å²) in [6.45, 7) is 2.08. The maximum atomic E-state index is 11.2. The number of rotatable bonds is 6. The molecule has 0 aromatic carbocycles. The van der Waals surface area contributed by atoms with E-state index < -0.39 is 10.2 Å². The van der Waals surface area contributed by atoms with Gasteiger partial charge in [-0.3, -0.25) is 0 Å². The molecule has 0 amide bonds. The molecule has 0 bridgehead atoms. The molecule has 0 spiro atoms. The van der Waals surface area contributed by atoms with E-state index in [4.69, 9.17) is 4.74 Å². The van der Waals surface area contributed by atoms with Gasteiger partial charge in [-0.25, -0.2) is 0 Å². The van der Waals surface area contributed by atoms with Crippen molar-refractivity contribution in [2.45, 2.75) is 6.04 Å². The fourth-order valence-electron chi connectivity index (χ4n) is 0.911. The first-order valence-corrected chi connectivity index (χ1v) is 5.59. The summed E-state index contributed by atoms with van der Waals surface area (Å²) in [6, 6.07) is 0.0278. The minimum atomic E-state index is -3.33. The maximum absolute atomic E-state index is 11.2. The minimum Gasteiger partial charge on any atom is -0.383 e. The van der Waals surface area contributed by atoms with Crippen LogP contribution in [-0.4, -0.2) is 47.8 Å². The molecule has 0 aliphatic carbocycles. The van der Waals surface area contributed by atoms with Crippen LogP contribution in [0.2, 0.25) is 0 Å². The van der Waals surface area contributed by atoms with Crippen LogP contribution in [0.15, 0.2) is 0 Å². The van der Waals surface area contributed by atoms with Crippen molar-refractivity contribution in [1.29, 1.82) is 0 Å². The summed E-state index contributed by atoms with van der Waals surface area (Å²) in [4.78, 5) is 0. The Morgan fingerprint density at radius 2 is 2.23 bits per heavy atom. The van der Waals surface area contributed by atoms with E-state index in [0.29, 0.717) is 26.2 Å². The molecule has 3 N–H and O–H groups in total. The molecular weight excluding hydrogens is 194 g/mol. The minimum absolute atomic E-state index is 0.0278. The lowest BCUT2D eigenvalue weighted by molar-refractivity contribution is 0.204. The van der Waals surface area contributed by atoms with Crippen LogP contribution in [0.5, 0.6) is 0 Å². The second kappa shape index (κ2) is 4.87. The molecule has 0 unspecified atom stereocenters. The molecule has 78 valence electrons. The van der Waals surface area contributed by atoms with E-state index in [9.17, 15) is 8.42 Å². The van der Waals surface area contributed by atoms with Crippen molar-refractivity contribution in [3.05, 3.63) is 0 Å². The van der Waals surface area contributed by atoms with Crippen molar-refractivity contribution in [2.24, 2.45) is 0 Å². The summed E-state index contributed by atoms with van der Waals surface area (Å²) >= 11 is 0. The second-order valence-electron chi connectivity index (χ2n) is 2.86. The average molecular weight is 209 g/mol. The highest BCUT2D eigenvalue weighted by atomic mass is 32.2. The van der Waals surface area contributed by atoms with Gasteiger partial charge in [0.05, 0.1) is 6.61 Å². The zero-order chi connectivity index (χ0) is 9.73. The second-order valence-corrected chi connectivity index (χ2v) is 4.39. The molecular formula is C6H15N3O3S. The van der Waals surface area contributed by atoms with Gasteiger partial charge in [0, 0.05) is 32.8 Å². The van der Waals surface area contributed by atoms with Gasteiger partial charge in [0.1, 0.15) is 0 Å². The highest BCUT2D eigenvalue weighted by Gasteiger charge is 2.22. The van der Waals surface area contributed by atoms with Crippen molar-refractivity contribution >= 4 is 10.2 Å². The fraction of sp³-hybridized carbons (Fsp3) is 1.00. The smallest absolute Gasteiger partial charge is 0.277 e. The van der Waals surface area contributed by atoms with E-state index in [2.05, 4.69) is 14.8 Å². The number of ether oxygens (including phenoxy) is 1. The van der Waals surface area contributed by atoms with Gasteiger partial charge in [0.25, 0.3) is 10.2 Å². The third kappa shape index (κ3) is 4.01. The molecule has 1 rings (SSSR count). The topological polar surface area (TPSA) is 79.5 Å². The summed E-state index contributed by atoms with van der Waals surface area (Å²) in [5.74, 6) is 0. The van der Waals surface area contributed by atoms with Crippen LogP contribution in [0, 0.1) is 0 Å². The quantitative estimate of drug-likeness (QED) is 0.443. The summed E-state index contributed by atoms with van der Waals surface area (Å²) in [5, 5.41) is 2.97. The van der Waals surface area contributed by atoms with Crippen LogP contribution in [-0.2, 0) is 14.9 Å². The molecule has 1 heterocycles. The number of hydrogen-bond donors (Lipinski definition) is 3. The van der Waals surface area contributed by atoms with E-state index in [1.807, 2.05) is 0 Å². The molecule has 6 nitrogen and oxygen atoms in total. The Hall–Kier alpha value is -0.210. The molecule has 1 aliphatic rings. The molecule has 0 saturated carbocycles. The lowest BCUT2D eigenvalue weighted by Gasteiger charge is -2.27. The molecule has 0 atom stereocenters. The highest BCUT2D eigenvalue weighted by Crippen LogP contribution is 1.92. The monoisotopic (exact) mass is 209 g/mol. The van der Waals surface area contributed by atoms with Gasteiger partial charge in [-0.15, -0.1) is 0 Å². The van der Waals surface area contributed by atoms with Gasteiger partial charge in [0.15, 0.2) is 0 Å². The van der Waals surface area contributed by atoms with Crippen LogP contribution < -0.4 is 14.8 Å². The van der Waals surface area contributed by atoms with Crippen molar-refractivity contribution in [3.63, 3.8) is 0 Å². The Morgan fingerprint density at radius 3 is 2.69 bits per heavy atom. The van der Waals surface area contributed by atoms with Crippen LogP contribution in [0.3, 0.4) is 0 Å². The molecule has 0 radical (unpaired) electrons. The molecule has 7 heteroatoms. The number of methoxy groups -OCH3 is 1. The Kier molecular flexibility index (Phi) is 4.07. The molecule has 0 aromatic rings. The van der Waals surface area contributed by atoms with E-state index in [0.717, 1.165) is 0 Å². The highest BCUT2D eigenvalue weighted by molar-refractivity contribution is 7.87. The van der Waals surface area contributed by atoms with Gasteiger partial charge in [0.2, 0.25) is 0 Å². The zero-order valence-electron chi connectivity index (χ0n) is 7.54. The third-order valence-corrected chi connectivity index (χ3v) is 2.93. The normalized spacial score (nSPS) is 18.5. The first-order valence-electron chi connectivity index (χ1n) is 4.10. The molecule has 0 aromatic heterocycles. The van der Waals surface area contributed by atoms with Crippen molar-refractivity contribution in [3.8, 4) is 0 Å². The van der Waals surface area contributed by atoms with Crippen LogP contribution in [0.4, 0.5) is 0 Å². The molecule has 13 heavy (non-hydrogen) atoms. The van der Waals surface area contributed by atoms with E-state index in [1.54, 1.807) is 0 Å². The summed E-state index contributed by atoms with van der Waals surface area (Å²) < 4.78 is 32.0. The predicted molar refractivity (Wildman–Crippen MR) is 48.6 cm³/mol. The van der Waals surface area contributed by atoms with E-state index in [1.165, 1.54) is 7.11 Å². The lowest BCUT2D eigenvalue weighted by atomic mass is 10.2. The summed E-state index contributed by atoms with van der Waals surface area (Å²) in [5.41, 5.74) is 0. The average Bonchev–Trinajstić information content (AvgIpc) is 1.98. The first kappa shape index (κ1) is 10.9. The SMILES string of the molecule is COCCNS(=O)(=O)NC1CNC1. The summed E-state index contributed by atoms with van der Waals surface area (Å²) in [6.07, 6.45) is 0. The Bertz CT molecular complexity index is 238. The summed E-state index contributed by atoms with van der Waals surface area (Å²) in [7, 11) is -1.81. The Morgan fingerprint density at radius 1 is 1.54 bits per heavy atom. The van der Waals surface area contributed by atoms with E-state index in [-0.39, 0.29) is 6.04 Å². The Labute approximate surface area is 78.2 Å². The number of nitrogens with one attached hydrogen (secondary N) is 3. The van der Waals surface area contributed by atoms with E-state index >= 15 is 0 Å². The van der Waals surface area contributed by atoms with Crippen LogP contribution in [0.25, 0.3) is 0 Å². The van der Waals surface area contributed by atoms with Crippen LogP contribution in [0.1, 0.15) is 0 Å². The maximum Gasteiger partial charge on any atom is 0.277 e. The first-order chi connectivity index (χ1) is 6.14. The van der Waals surface area contributed by atoms with Gasteiger partial charge in [-0.05, 0) is 0 Å². The number of hydrogen-bond acceptors (Lipinski definition) is 4. The third-order valence-electron chi connectivity index (χ3n) is 1.70. The fourth-order valence-corrected chi connectivity index (χ4v) is 1.95. The van der Waals surface area contributed by atoms with Crippen molar-refractivity contribution in [1.82, 2.24) is 14.8 Å². The van der Waals surface area contributed by atoms with Gasteiger partial charge < -0.3 is 10.1 Å². The van der Waals surface area contributed by atoms with Gasteiger partial charge in [-0.2, -0.15) is 17.9 Å². The Balaban J connectivity index is 2.20. The predicted octanol–water partition coefficient (Wildman–Crippen LogP) is -1.97. The molecule has 1 saturated heterocycles. The van der Waals surface area contributed by atoms with Crippen molar-refractivity contribution < 1.29 is 13.2 Å². The lowest BCUT2D eigenvalue weighted by Crippen LogP contribution is -2.59. The molecule has 1 aliphatic heterocycles. The van der Waals surface area contributed by atoms with Crippen molar-refractivity contribution in [2.75, 3.05) is 33.4 Å². The van der Waals surface area contributed by atoms with Crippen LogP contribution >= 0.6 is 0 Å². The zero-order valence-corrected chi connectivity index (χ0v) is 8.36. The molecule has 1 fully saturated rings. The standard InChI is InChI=1S/C6H15N3O3S/c1-12-3-2-8-13(10,11)9-6-4-7-5-6/h6-9H,2-5H2,1H3. The van der Waals surface area contributed by atoms with Gasteiger partial charge >= 0.3 is 0 Å². The van der Waals surface area contributed by atoms with Gasteiger partial charge in [-0.1, -0.05) is 0 Å². The largest absolute Gasteiger partial charge is 0.383 e.